The molecule has 0 spiro atoms. The maximum absolute atomic E-state index is 13.7. The molecule has 92 valence electrons. The summed E-state index contributed by atoms with van der Waals surface area (Å²) in [5, 5.41) is 4.25. The van der Waals surface area contributed by atoms with Crippen molar-refractivity contribution in [3.05, 3.63) is 34.5 Å². The van der Waals surface area contributed by atoms with Crippen molar-refractivity contribution in [2.75, 3.05) is 13.7 Å². The molecular formula is C13H16FNOS. The van der Waals surface area contributed by atoms with Gasteiger partial charge in [-0.3, -0.25) is 0 Å². The van der Waals surface area contributed by atoms with Crippen LogP contribution in [0.2, 0.25) is 0 Å². The number of rotatable bonds is 5. The lowest BCUT2D eigenvalue weighted by molar-refractivity contribution is 0.185. The molecule has 1 heterocycles. The third-order valence-electron chi connectivity index (χ3n) is 2.68. The van der Waals surface area contributed by atoms with E-state index in [9.17, 15) is 4.39 Å². The molecule has 1 aromatic carbocycles. The molecule has 0 bridgehead atoms. The molecule has 4 heteroatoms. The number of hydrogen-bond donors (Lipinski definition) is 1. The van der Waals surface area contributed by atoms with Gasteiger partial charge in [0, 0.05) is 29.5 Å². The Bertz CT molecular complexity index is 509. The maximum Gasteiger partial charge on any atom is 0.141 e. The Kier molecular flexibility index (Phi) is 4.10. The van der Waals surface area contributed by atoms with Crippen molar-refractivity contribution in [3.63, 3.8) is 0 Å². The van der Waals surface area contributed by atoms with Gasteiger partial charge in [0.2, 0.25) is 0 Å². The molecule has 0 amide bonds. The highest BCUT2D eigenvalue weighted by atomic mass is 32.1. The van der Waals surface area contributed by atoms with Gasteiger partial charge in [-0.2, -0.15) is 0 Å². The molecule has 0 aliphatic rings. The number of methoxy groups -OCH3 is 1. The average Bonchev–Trinajstić information content (AvgIpc) is 2.67. The Labute approximate surface area is 104 Å². The third-order valence-corrected chi connectivity index (χ3v) is 3.93. The minimum absolute atomic E-state index is 0.146. The summed E-state index contributed by atoms with van der Waals surface area (Å²) in [4.78, 5) is 1.16. The van der Waals surface area contributed by atoms with Crippen molar-refractivity contribution < 1.29 is 9.13 Å². The normalized spacial score (nSPS) is 11.2. The van der Waals surface area contributed by atoms with Crippen molar-refractivity contribution in [1.82, 2.24) is 5.32 Å². The van der Waals surface area contributed by atoms with Crippen LogP contribution in [0.5, 0.6) is 0 Å². The molecule has 0 saturated heterocycles. The van der Waals surface area contributed by atoms with E-state index >= 15 is 0 Å². The Morgan fingerprint density at radius 1 is 1.41 bits per heavy atom. The van der Waals surface area contributed by atoms with Gasteiger partial charge in [-0.1, -0.05) is 19.1 Å². The zero-order chi connectivity index (χ0) is 12.3. The Hall–Kier alpha value is -0.970. The number of ether oxygens (including phenoxy) is 1. The summed E-state index contributed by atoms with van der Waals surface area (Å²) in [6.07, 6.45) is 0. The van der Waals surface area contributed by atoms with E-state index in [1.165, 1.54) is 17.4 Å². The van der Waals surface area contributed by atoms with Gasteiger partial charge in [0.1, 0.15) is 5.82 Å². The predicted octanol–water partition coefficient (Wildman–Crippen LogP) is 3.30. The van der Waals surface area contributed by atoms with Crippen molar-refractivity contribution in [1.29, 1.82) is 0 Å². The minimum Gasteiger partial charge on any atom is -0.380 e. The number of halogens is 1. The van der Waals surface area contributed by atoms with E-state index in [4.69, 9.17) is 4.74 Å². The molecule has 17 heavy (non-hydrogen) atoms. The molecule has 1 aromatic heterocycles. The van der Waals surface area contributed by atoms with Crippen molar-refractivity contribution in [3.8, 4) is 0 Å². The van der Waals surface area contributed by atoms with Crippen molar-refractivity contribution in [2.24, 2.45) is 0 Å². The van der Waals surface area contributed by atoms with Gasteiger partial charge in [-0.15, -0.1) is 11.3 Å². The van der Waals surface area contributed by atoms with Crippen LogP contribution in [-0.4, -0.2) is 13.7 Å². The van der Waals surface area contributed by atoms with E-state index in [1.807, 2.05) is 6.07 Å². The fourth-order valence-corrected chi connectivity index (χ4v) is 3.05. The summed E-state index contributed by atoms with van der Waals surface area (Å²) in [5.41, 5.74) is 1.10. The largest absolute Gasteiger partial charge is 0.380 e. The number of nitrogens with one attached hydrogen (secondary N) is 1. The summed E-state index contributed by atoms with van der Waals surface area (Å²) in [7, 11) is 1.67. The van der Waals surface area contributed by atoms with Crippen LogP contribution in [0.3, 0.4) is 0 Å². The molecule has 2 nitrogen and oxygen atoms in total. The highest BCUT2D eigenvalue weighted by Gasteiger charge is 2.13. The second-order valence-corrected chi connectivity index (χ2v) is 4.94. The Morgan fingerprint density at radius 2 is 2.24 bits per heavy atom. The van der Waals surface area contributed by atoms with Gasteiger partial charge in [0.15, 0.2) is 0 Å². The lowest BCUT2D eigenvalue weighted by Gasteiger charge is -2.03. The average molecular weight is 253 g/mol. The summed E-state index contributed by atoms with van der Waals surface area (Å²) in [5.74, 6) is -0.146. The molecule has 1 N–H and O–H groups in total. The first kappa shape index (κ1) is 12.5. The van der Waals surface area contributed by atoms with Crippen LogP contribution < -0.4 is 5.32 Å². The van der Waals surface area contributed by atoms with Crippen LogP contribution in [0, 0.1) is 5.82 Å². The van der Waals surface area contributed by atoms with E-state index in [0.29, 0.717) is 6.61 Å². The highest BCUT2D eigenvalue weighted by molar-refractivity contribution is 7.19. The quantitative estimate of drug-likeness (QED) is 0.882. The smallest absolute Gasteiger partial charge is 0.141 e. The van der Waals surface area contributed by atoms with Crippen LogP contribution in [0.4, 0.5) is 4.39 Å². The molecule has 0 aliphatic carbocycles. The van der Waals surface area contributed by atoms with Gasteiger partial charge >= 0.3 is 0 Å². The van der Waals surface area contributed by atoms with E-state index < -0.39 is 0 Å². The van der Waals surface area contributed by atoms with E-state index in [0.717, 1.165) is 33.6 Å². The van der Waals surface area contributed by atoms with Gasteiger partial charge < -0.3 is 10.1 Å². The molecule has 0 saturated carbocycles. The molecule has 2 aromatic rings. The summed E-state index contributed by atoms with van der Waals surface area (Å²) in [6, 6.07) is 5.21. The fraction of sp³-hybridized carbons (Fsp3) is 0.385. The van der Waals surface area contributed by atoms with Crippen molar-refractivity contribution in [2.45, 2.75) is 20.1 Å². The Balaban J connectivity index is 2.49. The van der Waals surface area contributed by atoms with E-state index in [-0.39, 0.29) is 5.82 Å². The lowest BCUT2D eigenvalue weighted by atomic mass is 10.1. The number of hydrogen-bond acceptors (Lipinski definition) is 3. The molecule has 2 rings (SSSR count). The summed E-state index contributed by atoms with van der Waals surface area (Å²) >= 11 is 1.51. The van der Waals surface area contributed by atoms with Gasteiger partial charge in [0.05, 0.1) is 11.3 Å². The maximum atomic E-state index is 13.7. The molecule has 0 atom stereocenters. The van der Waals surface area contributed by atoms with Gasteiger partial charge in [-0.05, 0) is 12.6 Å². The van der Waals surface area contributed by atoms with Crippen LogP contribution in [0.15, 0.2) is 18.2 Å². The van der Waals surface area contributed by atoms with Crippen LogP contribution in [0.25, 0.3) is 10.1 Å². The SMILES string of the molecule is CCNCc1sc2c(F)cccc2c1COC. The molecule has 0 radical (unpaired) electrons. The van der Waals surface area contributed by atoms with Crippen molar-refractivity contribution >= 4 is 21.4 Å². The first-order valence-electron chi connectivity index (χ1n) is 5.66. The fourth-order valence-electron chi connectivity index (χ4n) is 1.87. The van der Waals surface area contributed by atoms with Crippen LogP contribution >= 0.6 is 11.3 Å². The molecular weight excluding hydrogens is 237 g/mol. The zero-order valence-electron chi connectivity index (χ0n) is 10.0. The third kappa shape index (κ3) is 2.49. The van der Waals surface area contributed by atoms with Crippen LogP contribution in [0.1, 0.15) is 17.4 Å². The molecule has 0 aliphatic heterocycles. The summed E-state index contributed by atoms with van der Waals surface area (Å²) < 4.78 is 19.6. The van der Waals surface area contributed by atoms with E-state index in [1.54, 1.807) is 13.2 Å². The van der Waals surface area contributed by atoms with Crippen LogP contribution in [-0.2, 0) is 17.9 Å². The standard InChI is InChI=1S/C13H16FNOS/c1-3-15-7-12-10(8-16-2)9-5-4-6-11(14)13(9)17-12/h4-6,15H,3,7-8H2,1-2H3. The first-order valence-corrected chi connectivity index (χ1v) is 6.48. The number of thiophene rings is 1. The first-order chi connectivity index (χ1) is 8.27. The lowest BCUT2D eigenvalue weighted by Crippen LogP contribution is -2.11. The number of fused-ring (bicyclic) bond motifs is 1. The van der Waals surface area contributed by atoms with E-state index in [2.05, 4.69) is 12.2 Å². The molecule has 0 unspecified atom stereocenters. The monoisotopic (exact) mass is 253 g/mol. The molecule has 0 fully saturated rings. The van der Waals surface area contributed by atoms with Gasteiger partial charge in [0.25, 0.3) is 0 Å². The Morgan fingerprint density at radius 3 is 2.94 bits per heavy atom. The summed E-state index contributed by atoms with van der Waals surface area (Å²) in [6.45, 7) is 4.27. The second-order valence-electron chi connectivity index (χ2n) is 3.83. The highest BCUT2D eigenvalue weighted by Crippen LogP contribution is 2.33. The number of benzene rings is 1. The topological polar surface area (TPSA) is 21.3 Å². The van der Waals surface area contributed by atoms with Gasteiger partial charge in [-0.25, -0.2) is 4.39 Å². The predicted molar refractivity (Wildman–Crippen MR) is 69.9 cm³/mol. The minimum atomic E-state index is -0.146. The zero-order valence-corrected chi connectivity index (χ0v) is 10.9. The second kappa shape index (κ2) is 5.58.